The minimum absolute atomic E-state index is 0.0174. The molecule has 3 N–H and O–H groups in total. The van der Waals surface area contributed by atoms with E-state index in [9.17, 15) is 29.4 Å². The minimum Gasteiger partial charge on any atom is -0.510 e. The SMILES string of the molecule is CCOC(=O)C1=C(O)CN(Cc2ccccc2)C(=O)C1.O=C(OCc1ccccc1)C1=C(O)CN(Cc2ccccc2)C(=O)C1.OCc1ccccc1. The molecule has 0 atom stereocenters. The summed E-state index contributed by atoms with van der Waals surface area (Å²) in [7, 11) is 0. The van der Waals surface area contributed by atoms with Gasteiger partial charge in [0.2, 0.25) is 11.8 Å². The molecule has 2 amide bonds. The summed E-state index contributed by atoms with van der Waals surface area (Å²) in [4.78, 5) is 51.2. The van der Waals surface area contributed by atoms with Gasteiger partial charge in [-0.1, -0.05) is 121 Å². The first kappa shape index (κ1) is 39.6. The van der Waals surface area contributed by atoms with E-state index in [0.717, 1.165) is 22.3 Å². The summed E-state index contributed by atoms with van der Waals surface area (Å²) < 4.78 is 10.0. The van der Waals surface area contributed by atoms with E-state index in [1.165, 1.54) is 9.80 Å². The van der Waals surface area contributed by atoms with Gasteiger partial charge in [0.05, 0.1) is 50.3 Å². The Morgan fingerprint density at radius 1 is 0.566 bits per heavy atom. The van der Waals surface area contributed by atoms with Crippen molar-refractivity contribution in [2.45, 2.75) is 46.1 Å². The van der Waals surface area contributed by atoms with Gasteiger partial charge in [-0.2, -0.15) is 0 Å². The van der Waals surface area contributed by atoms with Gasteiger partial charge < -0.3 is 34.6 Å². The largest absolute Gasteiger partial charge is 0.510 e. The highest BCUT2D eigenvalue weighted by Gasteiger charge is 2.31. The van der Waals surface area contributed by atoms with Crippen LogP contribution >= 0.6 is 0 Å². The molecule has 0 bridgehead atoms. The molecule has 0 saturated heterocycles. The summed E-state index contributed by atoms with van der Waals surface area (Å²) in [5, 5.41) is 28.6. The molecule has 276 valence electrons. The first-order chi connectivity index (χ1) is 25.7. The second-order valence-corrected chi connectivity index (χ2v) is 12.1. The van der Waals surface area contributed by atoms with E-state index in [1.807, 2.05) is 121 Å². The number of esters is 2. The van der Waals surface area contributed by atoms with Crippen molar-refractivity contribution in [3.63, 3.8) is 0 Å². The highest BCUT2D eigenvalue weighted by Crippen LogP contribution is 2.22. The molecule has 4 aromatic carbocycles. The molecule has 0 saturated carbocycles. The highest BCUT2D eigenvalue weighted by atomic mass is 16.5. The number of carbonyl (C=O) groups is 4. The van der Waals surface area contributed by atoms with Crippen molar-refractivity contribution in [2.75, 3.05) is 19.7 Å². The van der Waals surface area contributed by atoms with Crippen molar-refractivity contribution < 1.29 is 44.0 Å². The Balaban J connectivity index is 0.000000199. The molecule has 2 aliphatic rings. The Morgan fingerprint density at radius 3 is 1.28 bits per heavy atom. The van der Waals surface area contributed by atoms with Crippen molar-refractivity contribution in [1.29, 1.82) is 0 Å². The molecular weight excluding hydrogens is 676 g/mol. The third-order valence-electron chi connectivity index (χ3n) is 8.18. The average molecular weight is 721 g/mol. The zero-order valence-corrected chi connectivity index (χ0v) is 29.6. The molecule has 0 aromatic heterocycles. The van der Waals surface area contributed by atoms with Crippen LogP contribution in [0.3, 0.4) is 0 Å². The first-order valence-electron chi connectivity index (χ1n) is 17.2. The Hall–Kier alpha value is -6.20. The van der Waals surface area contributed by atoms with E-state index in [1.54, 1.807) is 6.92 Å². The molecule has 6 rings (SSSR count). The summed E-state index contributed by atoms with van der Waals surface area (Å²) in [6.45, 7) is 3.03. The summed E-state index contributed by atoms with van der Waals surface area (Å²) >= 11 is 0. The van der Waals surface area contributed by atoms with Crippen molar-refractivity contribution in [1.82, 2.24) is 9.80 Å². The van der Waals surface area contributed by atoms with Crippen molar-refractivity contribution in [3.05, 3.63) is 166 Å². The van der Waals surface area contributed by atoms with Gasteiger partial charge >= 0.3 is 11.9 Å². The monoisotopic (exact) mass is 720 g/mol. The number of carbonyl (C=O) groups excluding carboxylic acids is 4. The van der Waals surface area contributed by atoms with Crippen LogP contribution in [0, 0.1) is 0 Å². The molecular formula is C42H44N2O9. The van der Waals surface area contributed by atoms with Crippen LogP contribution in [0.1, 0.15) is 42.0 Å². The van der Waals surface area contributed by atoms with Gasteiger partial charge in [0.25, 0.3) is 0 Å². The number of nitrogens with zero attached hydrogens (tertiary/aromatic N) is 2. The molecule has 0 aliphatic carbocycles. The number of benzene rings is 4. The van der Waals surface area contributed by atoms with Gasteiger partial charge in [0.15, 0.2) is 0 Å². The van der Waals surface area contributed by atoms with Gasteiger partial charge in [-0.15, -0.1) is 0 Å². The number of aliphatic hydroxyl groups is 3. The normalized spacial score (nSPS) is 14.1. The van der Waals surface area contributed by atoms with Gasteiger partial charge in [0, 0.05) is 13.1 Å². The lowest BCUT2D eigenvalue weighted by Crippen LogP contribution is -2.38. The number of hydrogen-bond donors (Lipinski definition) is 3. The van der Waals surface area contributed by atoms with E-state index in [0.29, 0.717) is 13.1 Å². The molecule has 0 spiro atoms. The second kappa shape index (κ2) is 20.6. The van der Waals surface area contributed by atoms with Crippen molar-refractivity contribution in [3.8, 4) is 0 Å². The van der Waals surface area contributed by atoms with E-state index >= 15 is 0 Å². The minimum atomic E-state index is -0.644. The summed E-state index contributed by atoms with van der Waals surface area (Å²) in [6, 6.07) is 37.8. The topological polar surface area (TPSA) is 154 Å². The van der Waals surface area contributed by atoms with Crippen LogP contribution in [0.4, 0.5) is 0 Å². The zero-order valence-electron chi connectivity index (χ0n) is 29.6. The first-order valence-corrected chi connectivity index (χ1v) is 17.2. The van der Waals surface area contributed by atoms with Gasteiger partial charge in [-0.05, 0) is 29.2 Å². The fourth-order valence-electron chi connectivity index (χ4n) is 5.35. The van der Waals surface area contributed by atoms with Crippen LogP contribution < -0.4 is 0 Å². The Labute approximate surface area is 309 Å². The molecule has 2 aliphatic heterocycles. The molecule has 4 aromatic rings. The van der Waals surface area contributed by atoms with Crippen LogP contribution in [0.5, 0.6) is 0 Å². The number of ether oxygens (including phenoxy) is 2. The summed E-state index contributed by atoms with van der Waals surface area (Å²) in [5.74, 6) is -1.83. The zero-order chi connectivity index (χ0) is 38.0. The van der Waals surface area contributed by atoms with E-state index in [2.05, 4.69) is 0 Å². The van der Waals surface area contributed by atoms with E-state index < -0.39 is 11.9 Å². The molecule has 53 heavy (non-hydrogen) atoms. The molecule has 11 heteroatoms. The standard InChI is InChI=1S/C20H19NO4.C15H17NO4.C7H8O/c22-18-13-21(12-15-7-3-1-4-8-15)19(23)11-17(18)20(24)25-14-16-9-5-2-6-10-16;1-2-20-15(19)12-8-14(18)16(10-13(12)17)9-11-6-4-3-5-7-11;8-6-7-4-2-1-3-5-7/h1-10,22H,11-14H2;3-7,17H,2,8-10H2,1H3;1-5,8H,6H2. The Bertz CT molecular complexity index is 1860. The molecule has 0 unspecified atom stereocenters. The second-order valence-electron chi connectivity index (χ2n) is 12.1. The molecule has 0 radical (unpaired) electrons. The quantitative estimate of drug-likeness (QED) is 0.169. The van der Waals surface area contributed by atoms with Crippen LogP contribution in [-0.2, 0) is 55.0 Å². The smallest absolute Gasteiger partial charge is 0.338 e. The predicted molar refractivity (Wildman–Crippen MR) is 197 cm³/mol. The number of aliphatic hydroxyl groups excluding tert-OH is 3. The third kappa shape index (κ3) is 12.5. The van der Waals surface area contributed by atoms with Gasteiger partial charge in [-0.3, -0.25) is 9.59 Å². The number of rotatable bonds is 10. The lowest BCUT2D eigenvalue weighted by Gasteiger charge is -2.27. The average Bonchev–Trinajstić information content (AvgIpc) is 3.18. The van der Waals surface area contributed by atoms with E-state index in [4.69, 9.17) is 14.6 Å². The predicted octanol–water partition coefficient (Wildman–Crippen LogP) is 5.95. The van der Waals surface area contributed by atoms with Crippen LogP contribution in [0.15, 0.2) is 144 Å². The number of amides is 2. The Kier molecular flexibility index (Phi) is 15.4. The van der Waals surface area contributed by atoms with Crippen LogP contribution in [-0.4, -0.2) is 68.6 Å². The lowest BCUT2D eigenvalue weighted by molar-refractivity contribution is -0.143. The fourth-order valence-corrected chi connectivity index (χ4v) is 5.35. The van der Waals surface area contributed by atoms with Crippen molar-refractivity contribution >= 4 is 23.8 Å². The molecule has 2 heterocycles. The third-order valence-corrected chi connectivity index (χ3v) is 8.18. The lowest BCUT2D eigenvalue weighted by atomic mass is 10.0. The maximum absolute atomic E-state index is 12.3. The fraction of sp³-hybridized carbons (Fsp3) is 0.238. The van der Waals surface area contributed by atoms with Crippen molar-refractivity contribution in [2.24, 2.45) is 0 Å². The van der Waals surface area contributed by atoms with Gasteiger partial charge in [0.1, 0.15) is 18.1 Å². The summed E-state index contributed by atoms with van der Waals surface area (Å²) in [5.41, 5.74) is 3.88. The van der Waals surface area contributed by atoms with E-state index in [-0.39, 0.29) is 80.2 Å². The van der Waals surface area contributed by atoms with Crippen LogP contribution in [0.25, 0.3) is 0 Å². The maximum Gasteiger partial charge on any atom is 0.338 e. The Morgan fingerprint density at radius 2 is 0.925 bits per heavy atom. The van der Waals surface area contributed by atoms with Gasteiger partial charge in [-0.25, -0.2) is 9.59 Å². The number of hydrogen-bond acceptors (Lipinski definition) is 9. The maximum atomic E-state index is 12.3. The van der Waals surface area contributed by atoms with Crippen LogP contribution in [0.2, 0.25) is 0 Å². The highest BCUT2D eigenvalue weighted by molar-refractivity contribution is 5.97. The molecule has 0 fully saturated rings. The summed E-state index contributed by atoms with van der Waals surface area (Å²) in [6.07, 6.45) is -0.260. The molecule has 11 nitrogen and oxygen atoms in total.